The molecule has 1 amide bonds. The molecular formula is C38H40F3N7O5S. The zero-order valence-corrected chi connectivity index (χ0v) is 30.9. The molecule has 5 aromatic rings. The van der Waals surface area contributed by atoms with Crippen molar-refractivity contribution in [2.24, 2.45) is 13.0 Å². The van der Waals surface area contributed by atoms with Crippen LogP contribution in [0, 0.1) is 12.5 Å². The second-order valence-corrected chi connectivity index (χ2v) is 15.5. The van der Waals surface area contributed by atoms with Gasteiger partial charge in [0.2, 0.25) is 0 Å². The molecule has 3 aromatic carbocycles. The lowest BCUT2D eigenvalue weighted by Crippen LogP contribution is -2.43. The minimum absolute atomic E-state index is 0.0269. The van der Waals surface area contributed by atoms with Crippen molar-refractivity contribution in [3.8, 4) is 22.8 Å². The minimum Gasteiger partial charge on any atom is -0.744 e. The number of nitrogens with one attached hydrogen (secondary N) is 1. The van der Waals surface area contributed by atoms with E-state index in [4.69, 9.17) is 6.57 Å². The maximum atomic E-state index is 14.0. The third-order valence-corrected chi connectivity index (χ3v) is 9.89. The molecule has 6 rings (SSSR count). The van der Waals surface area contributed by atoms with Crippen LogP contribution in [0.25, 0.3) is 27.6 Å². The van der Waals surface area contributed by atoms with Gasteiger partial charge in [0.1, 0.15) is 21.4 Å². The van der Waals surface area contributed by atoms with Gasteiger partial charge in [-0.3, -0.25) is 14.3 Å². The number of hydrogen-bond acceptors (Lipinski definition) is 6. The van der Waals surface area contributed by atoms with Crippen LogP contribution in [0.2, 0.25) is 0 Å². The number of alkyl halides is 3. The molecule has 0 atom stereocenters. The Bertz CT molecular complexity index is 2310. The normalized spacial score (nSPS) is 16.2. The second kappa shape index (κ2) is 15.8. The largest absolute Gasteiger partial charge is 0.744 e. The monoisotopic (exact) mass is 763 g/mol. The fraction of sp³-hybridized carbons (Fsp3) is 0.316. The molecule has 16 heteroatoms. The third kappa shape index (κ3) is 9.34. The number of carbonyl (C=O) groups is 1. The molecule has 0 radical (unpaired) electrons. The molecule has 0 saturated heterocycles. The highest BCUT2D eigenvalue weighted by atomic mass is 32.2. The zero-order chi connectivity index (χ0) is 39.4. The number of hydrogen-bond donors (Lipinski definition) is 1. The van der Waals surface area contributed by atoms with E-state index in [1.54, 1.807) is 36.4 Å². The molecule has 54 heavy (non-hydrogen) atoms. The minimum atomic E-state index is -4.62. The van der Waals surface area contributed by atoms with E-state index < -0.39 is 33.3 Å². The summed E-state index contributed by atoms with van der Waals surface area (Å²) in [5.41, 5.74) is -0.252. The van der Waals surface area contributed by atoms with Crippen LogP contribution in [0.15, 0.2) is 101 Å². The van der Waals surface area contributed by atoms with Crippen molar-refractivity contribution in [2.75, 3.05) is 27.7 Å². The van der Waals surface area contributed by atoms with Gasteiger partial charge in [-0.2, -0.15) is 18.3 Å². The molecule has 12 nitrogen and oxygen atoms in total. The Morgan fingerprint density at radius 2 is 1.61 bits per heavy atom. The molecule has 2 heterocycles. The predicted octanol–water partition coefficient (Wildman–Crippen LogP) is 6.18. The number of quaternary nitrogens is 1. The summed E-state index contributed by atoms with van der Waals surface area (Å²) in [6, 6.07) is 19.8. The van der Waals surface area contributed by atoms with Gasteiger partial charge in [-0.25, -0.2) is 22.6 Å². The SMILES string of the molecule is O=S(=O)([O-])c1ccccc1.[C-]#[N+]c1ccc(-n2nccc2-c2c(C(=O)NC3CCC(C[N+](C)(C)C)CC3)c(=O)n(-c3cccc(C(F)(F)F)c3)n2C)cc1. The Hall–Kier alpha value is -5.50. The van der Waals surface area contributed by atoms with E-state index in [-0.39, 0.29) is 27.9 Å². The first-order valence-electron chi connectivity index (χ1n) is 17.0. The van der Waals surface area contributed by atoms with Gasteiger partial charge in [-0.1, -0.05) is 36.4 Å². The van der Waals surface area contributed by atoms with Gasteiger partial charge in [0.15, 0.2) is 5.69 Å². The fourth-order valence-corrected chi connectivity index (χ4v) is 7.16. The Morgan fingerprint density at radius 3 is 2.17 bits per heavy atom. The summed E-state index contributed by atoms with van der Waals surface area (Å²) >= 11 is 0. The van der Waals surface area contributed by atoms with Crippen molar-refractivity contribution in [1.82, 2.24) is 24.5 Å². The molecule has 1 N–H and O–H groups in total. The lowest BCUT2D eigenvalue weighted by molar-refractivity contribution is -0.874. The predicted molar refractivity (Wildman–Crippen MR) is 195 cm³/mol. The molecule has 0 unspecified atom stereocenters. The van der Waals surface area contributed by atoms with Crippen molar-refractivity contribution in [2.45, 2.75) is 42.8 Å². The van der Waals surface area contributed by atoms with Gasteiger partial charge in [-0.05, 0) is 74.2 Å². The van der Waals surface area contributed by atoms with Gasteiger partial charge in [0, 0.05) is 19.0 Å². The molecule has 0 bridgehead atoms. The number of amides is 1. The summed E-state index contributed by atoms with van der Waals surface area (Å²) in [6.07, 6.45) is 0.334. The molecule has 0 aliphatic heterocycles. The lowest BCUT2D eigenvalue weighted by Gasteiger charge is -2.34. The second-order valence-electron chi connectivity index (χ2n) is 14.1. The van der Waals surface area contributed by atoms with E-state index in [9.17, 15) is 35.7 Å². The lowest BCUT2D eigenvalue weighted by atomic mass is 9.85. The quantitative estimate of drug-likeness (QED) is 0.114. The van der Waals surface area contributed by atoms with Crippen molar-refractivity contribution in [3.63, 3.8) is 0 Å². The standard InChI is InChI=1S/C32H34F3N7O2.C6H6O3S/c1-36-23-13-15-25(16-14-23)40-27(17-18-37-40)29-28(30(43)38-24-11-9-21(10-12-24)20-42(3,4)5)31(44)41(39(29)2)26-8-6-7-22(19-26)32(33,34)35;7-10(8,9)6-4-2-1-3-5-6/h6-8,13-19,21,24H,9-12,20H2,2-5H3;1-5H,(H,7,8,9). The Kier molecular flexibility index (Phi) is 11.7. The Balaban J connectivity index is 0.000000486. The number of rotatable bonds is 8. The van der Waals surface area contributed by atoms with Crippen molar-refractivity contribution in [3.05, 3.63) is 124 Å². The fourth-order valence-electron chi connectivity index (χ4n) is 6.67. The highest BCUT2D eigenvalue weighted by Crippen LogP contribution is 2.32. The van der Waals surface area contributed by atoms with Crippen LogP contribution in [-0.4, -0.2) is 76.2 Å². The Morgan fingerprint density at radius 1 is 0.963 bits per heavy atom. The van der Waals surface area contributed by atoms with E-state index in [1.165, 1.54) is 59.0 Å². The molecule has 0 spiro atoms. The van der Waals surface area contributed by atoms with Gasteiger partial charge in [0.05, 0.1) is 68.0 Å². The average Bonchev–Trinajstić information content (AvgIpc) is 3.70. The van der Waals surface area contributed by atoms with Crippen LogP contribution >= 0.6 is 0 Å². The molecule has 2 aromatic heterocycles. The van der Waals surface area contributed by atoms with Crippen LogP contribution in [0.5, 0.6) is 0 Å². The first kappa shape index (κ1) is 39.7. The van der Waals surface area contributed by atoms with Gasteiger partial charge in [-0.15, -0.1) is 0 Å². The third-order valence-electron chi connectivity index (χ3n) is 9.04. The summed E-state index contributed by atoms with van der Waals surface area (Å²) in [4.78, 5) is 31.2. The highest BCUT2D eigenvalue weighted by Gasteiger charge is 2.34. The zero-order valence-electron chi connectivity index (χ0n) is 30.1. The topological polar surface area (TPSA) is 135 Å². The maximum Gasteiger partial charge on any atom is 0.416 e. The van der Waals surface area contributed by atoms with Gasteiger partial charge < -0.3 is 14.4 Å². The maximum absolute atomic E-state index is 14.0. The van der Waals surface area contributed by atoms with Crippen LogP contribution in [0.4, 0.5) is 18.9 Å². The molecule has 1 fully saturated rings. The first-order valence-corrected chi connectivity index (χ1v) is 18.4. The summed E-state index contributed by atoms with van der Waals surface area (Å²) in [5.74, 6) is -0.0466. The van der Waals surface area contributed by atoms with E-state index in [0.29, 0.717) is 23.0 Å². The van der Waals surface area contributed by atoms with E-state index >= 15 is 0 Å². The highest BCUT2D eigenvalue weighted by molar-refractivity contribution is 7.85. The van der Waals surface area contributed by atoms with Gasteiger partial charge >= 0.3 is 6.18 Å². The molecular weight excluding hydrogens is 724 g/mol. The molecule has 284 valence electrons. The number of aromatic nitrogens is 4. The summed E-state index contributed by atoms with van der Waals surface area (Å²) in [7, 11) is 3.75. The van der Waals surface area contributed by atoms with Gasteiger partial charge in [0.25, 0.3) is 11.5 Å². The number of halogens is 3. The number of benzene rings is 3. The van der Waals surface area contributed by atoms with Crippen LogP contribution in [0.3, 0.4) is 0 Å². The van der Waals surface area contributed by atoms with E-state index in [1.807, 2.05) is 0 Å². The van der Waals surface area contributed by atoms with E-state index in [0.717, 1.165) is 53.5 Å². The molecule has 1 aliphatic rings. The number of carbonyl (C=O) groups excluding carboxylic acids is 1. The van der Waals surface area contributed by atoms with Crippen LogP contribution in [-0.2, 0) is 23.3 Å². The summed E-state index contributed by atoms with van der Waals surface area (Å²) in [6.45, 7) is 8.27. The summed E-state index contributed by atoms with van der Waals surface area (Å²) in [5, 5.41) is 7.45. The van der Waals surface area contributed by atoms with Crippen molar-refractivity contribution >= 4 is 21.7 Å². The van der Waals surface area contributed by atoms with Crippen molar-refractivity contribution < 1.29 is 35.4 Å². The number of nitrogens with zero attached hydrogens (tertiary/aromatic N) is 6. The molecule has 1 saturated carbocycles. The van der Waals surface area contributed by atoms with Crippen molar-refractivity contribution in [1.29, 1.82) is 0 Å². The van der Waals surface area contributed by atoms with E-state index in [2.05, 4.69) is 36.4 Å². The molecule has 1 aliphatic carbocycles. The Labute approximate surface area is 311 Å². The first-order chi connectivity index (χ1) is 25.4. The smallest absolute Gasteiger partial charge is 0.416 e. The summed E-state index contributed by atoms with van der Waals surface area (Å²) < 4.78 is 76.5. The van der Waals surface area contributed by atoms with Crippen LogP contribution < -0.4 is 10.9 Å². The van der Waals surface area contributed by atoms with Crippen LogP contribution in [0.1, 0.15) is 41.6 Å². The average molecular weight is 764 g/mol.